The number of amides is 1. The van der Waals surface area contributed by atoms with E-state index >= 15 is 0 Å². The molecule has 0 aliphatic heterocycles. The molecule has 1 saturated carbocycles. The van der Waals surface area contributed by atoms with Crippen LogP contribution in [0.5, 0.6) is 0 Å². The summed E-state index contributed by atoms with van der Waals surface area (Å²) in [6.45, 7) is 4.41. The van der Waals surface area contributed by atoms with Gasteiger partial charge in [-0.3, -0.25) is 10.1 Å². The van der Waals surface area contributed by atoms with E-state index < -0.39 is 0 Å². The average molecular weight is 281 g/mol. The number of hydrogen-bond acceptors (Lipinski definition) is 4. The van der Waals surface area contributed by atoms with Crippen molar-refractivity contribution in [2.24, 2.45) is 0 Å². The first-order valence-electron chi connectivity index (χ1n) is 7.10. The van der Waals surface area contributed by atoms with Gasteiger partial charge in [-0.25, -0.2) is 4.98 Å². The molecule has 1 heterocycles. The Labute approximate surface area is 119 Å². The van der Waals surface area contributed by atoms with Gasteiger partial charge in [-0.1, -0.05) is 19.3 Å². The smallest absolute Gasteiger partial charge is 0.234 e. The first-order chi connectivity index (χ1) is 9.15. The summed E-state index contributed by atoms with van der Waals surface area (Å²) < 4.78 is 0. The quantitative estimate of drug-likeness (QED) is 0.872. The SMILES string of the molecule is Cc1csc(C(C)NCC(=O)NC2CCCCC2)n1. The van der Waals surface area contributed by atoms with Crippen molar-refractivity contribution in [3.05, 3.63) is 16.1 Å². The molecule has 1 amide bonds. The third-order valence-corrected chi connectivity index (χ3v) is 4.69. The van der Waals surface area contributed by atoms with E-state index in [2.05, 4.69) is 15.6 Å². The maximum atomic E-state index is 11.9. The minimum absolute atomic E-state index is 0.104. The first kappa shape index (κ1) is 14.5. The third-order valence-electron chi connectivity index (χ3n) is 3.55. The molecule has 2 rings (SSSR count). The van der Waals surface area contributed by atoms with Crippen LogP contribution in [0.1, 0.15) is 55.8 Å². The molecule has 1 fully saturated rings. The topological polar surface area (TPSA) is 54.0 Å². The van der Waals surface area contributed by atoms with Gasteiger partial charge < -0.3 is 5.32 Å². The molecule has 0 saturated heterocycles. The van der Waals surface area contributed by atoms with Gasteiger partial charge in [-0.05, 0) is 26.7 Å². The van der Waals surface area contributed by atoms with E-state index in [0.29, 0.717) is 12.6 Å². The van der Waals surface area contributed by atoms with E-state index in [1.807, 2.05) is 19.2 Å². The fraction of sp³-hybridized carbons (Fsp3) is 0.714. The van der Waals surface area contributed by atoms with Crippen molar-refractivity contribution < 1.29 is 4.79 Å². The summed E-state index contributed by atoms with van der Waals surface area (Å²) in [6, 6.07) is 0.524. The van der Waals surface area contributed by atoms with Crippen molar-refractivity contribution in [2.75, 3.05) is 6.54 Å². The Kier molecular flexibility index (Phi) is 5.34. The molecule has 1 aromatic rings. The van der Waals surface area contributed by atoms with Gasteiger partial charge in [0.05, 0.1) is 12.6 Å². The summed E-state index contributed by atoms with van der Waals surface area (Å²) in [5, 5.41) is 9.43. The van der Waals surface area contributed by atoms with Crippen LogP contribution in [-0.4, -0.2) is 23.5 Å². The Morgan fingerprint density at radius 2 is 2.21 bits per heavy atom. The van der Waals surface area contributed by atoms with Gasteiger partial charge in [-0.15, -0.1) is 11.3 Å². The number of aryl methyl sites for hydroxylation is 1. The predicted molar refractivity (Wildman–Crippen MR) is 78.3 cm³/mol. The highest BCUT2D eigenvalue weighted by Gasteiger charge is 2.16. The fourth-order valence-electron chi connectivity index (χ4n) is 2.43. The molecule has 1 aliphatic carbocycles. The summed E-state index contributed by atoms with van der Waals surface area (Å²) in [4.78, 5) is 16.3. The Morgan fingerprint density at radius 1 is 1.47 bits per heavy atom. The molecule has 0 radical (unpaired) electrons. The van der Waals surface area contributed by atoms with Gasteiger partial charge in [0.1, 0.15) is 5.01 Å². The zero-order valence-corrected chi connectivity index (χ0v) is 12.6. The summed E-state index contributed by atoms with van der Waals surface area (Å²) in [6.07, 6.45) is 6.06. The fourth-order valence-corrected chi connectivity index (χ4v) is 3.26. The number of aromatic nitrogens is 1. The second-order valence-corrected chi connectivity index (χ2v) is 6.22. The molecule has 1 unspecified atom stereocenters. The van der Waals surface area contributed by atoms with Gasteiger partial charge in [0, 0.05) is 17.1 Å². The average Bonchev–Trinajstić information content (AvgIpc) is 2.84. The third kappa shape index (κ3) is 4.58. The highest BCUT2D eigenvalue weighted by Crippen LogP contribution is 2.18. The molecular weight excluding hydrogens is 258 g/mol. The van der Waals surface area contributed by atoms with Crippen LogP contribution in [0, 0.1) is 6.92 Å². The number of rotatable bonds is 5. The van der Waals surface area contributed by atoms with E-state index in [-0.39, 0.29) is 11.9 Å². The summed E-state index contributed by atoms with van der Waals surface area (Å²) in [5.41, 5.74) is 1.04. The monoisotopic (exact) mass is 281 g/mol. The molecule has 0 aromatic carbocycles. The highest BCUT2D eigenvalue weighted by molar-refractivity contribution is 7.09. The maximum absolute atomic E-state index is 11.9. The zero-order valence-electron chi connectivity index (χ0n) is 11.7. The lowest BCUT2D eigenvalue weighted by Gasteiger charge is -2.23. The molecule has 1 aromatic heterocycles. The normalized spacial score (nSPS) is 18.2. The predicted octanol–water partition coefficient (Wildman–Crippen LogP) is 2.55. The molecular formula is C14H23N3OS. The maximum Gasteiger partial charge on any atom is 0.234 e. The minimum atomic E-state index is 0.104. The largest absolute Gasteiger partial charge is 0.352 e. The van der Waals surface area contributed by atoms with E-state index in [1.54, 1.807) is 11.3 Å². The second-order valence-electron chi connectivity index (χ2n) is 5.33. The first-order valence-corrected chi connectivity index (χ1v) is 7.98. The highest BCUT2D eigenvalue weighted by atomic mass is 32.1. The van der Waals surface area contributed by atoms with Gasteiger partial charge in [-0.2, -0.15) is 0 Å². The Balaban J connectivity index is 1.70. The molecule has 1 aliphatic rings. The van der Waals surface area contributed by atoms with Crippen molar-refractivity contribution >= 4 is 17.2 Å². The van der Waals surface area contributed by atoms with Crippen LogP contribution in [0.25, 0.3) is 0 Å². The number of hydrogen-bond donors (Lipinski definition) is 2. The van der Waals surface area contributed by atoms with Crippen LogP contribution in [0.2, 0.25) is 0 Å². The van der Waals surface area contributed by atoms with Crippen molar-refractivity contribution in [3.63, 3.8) is 0 Å². The number of nitrogens with one attached hydrogen (secondary N) is 2. The summed E-state index contributed by atoms with van der Waals surface area (Å²) in [7, 11) is 0. The molecule has 0 bridgehead atoms. The van der Waals surface area contributed by atoms with E-state index in [0.717, 1.165) is 23.5 Å². The number of thiazole rings is 1. The van der Waals surface area contributed by atoms with Crippen LogP contribution in [-0.2, 0) is 4.79 Å². The van der Waals surface area contributed by atoms with Crippen molar-refractivity contribution in [1.82, 2.24) is 15.6 Å². The van der Waals surface area contributed by atoms with Crippen molar-refractivity contribution in [2.45, 2.75) is 58.0 Å². The van der Waals surface area contributed by atoms with Crippen LogP contribution >= 0.6 is 11.3 Å². The van der Waals surface area contributed by atoms with E-state index in [1.165, 1.54) is 19.3 Å². The van der Waals surface area contributed by atoms with Gasteiger partial charge in [0.25, 0.3) is 0 Å². The van der Waals surface area contributed by atoms with E-state index in [4.69, 9.17) is 0 Å². The molecule has 0 spiro atoms. The Morgan fingerprint density at radius 3 is 2.84 bits per heavy atom. The lowest BCUT2D eigenvalue weighted by atomic mass is 9.95. The molecule has 2 N–H and O–H groups in total. The van der Waals surface area contributed by atoms with Gasteiger partial charge >= 0.3 is 0 Å². The van der Waals surface area contributed by atoms with Crippen molar-refractivity contribution in [3.8, 4) is 0 Å². The zero-order chi connectivity index (χ0) is 13.7. The lowest BCUT2D eigenvalue weighted by molar-refractivity contribution is -0.121. The second kappa shape index (κ2) is 7.01. The Hall–Kier alpha value is -0.940. The molecule has 1 atom stereocenters. The lowest BCUT2D eigenvalue weighted by Crippen LogP contribution is -2.41. The summed E-state index contributed by atoms with van der Waals surface area (Å²) >= 11 is 1.64. The van der Waals surface area contributed by atoms with Crippen LogP contribution in [0.3, 0.4) is 0 Å². The Bertz CT molecular complexity index is 413. The number of carbonyl (C=O) groups is 1. The van der Waals surface area contributed by atoms with Gasteiger partial charge in [0.2, 0.25) is 5.91 Å². The summed E-state index contributed by atoms with van der Waals surface area (Å²) in [5.74, 6) is 0.104. The standard InChI is InChI=1S/C14H23N3OS/c1-10-9-19-14(16-10)11(2)15-8-13(18)17-12-6-4-3-5-7-12/h9,11-12,15H,3-8H2,1-2H3,(H,17,18). The van der Waals surface area contributed by atoms with Crippen LogP contribution in [0.15, 0.2) is 5.38 Å². The minimum Gasteiger partial charge on any atom is -0.352 e. The molecule has 106 valence electrons. The molecule has 5 heteroatoms. The van der Waals surface area contributed by atoms with Crippen LogP contribution in [0.4, 0.5) is 0 Å². The number of carbonyl (C=O) groups excluding carboxylic acids is 1. The molecule has 19 heavy (non-hydrogen) atoms. The molecule has 4 nitrogen and oxygen atoms in total. The van der Waals surface area contributed by atoms with Crippen LogP contribution < -0.4 is 10.6 Å². The number of nitrogens with zero attached hydrogens (tertiary/aromatic N) is 1. The van der Waals surface area contributed by atoms with Crippen molar-refractivity contribution in [1.29, 1.82) is 0 Å². The van der Waals surface area contributed by atoms with E-state index in [9.17, 15) is 4.79 Å². The van der Waals surface area contributed by atoms with Gasteiger partial charge in [0.15, 0.2) is 0 Å².